The van der Waals surface area contributed by atoms with Crippen LogP contribution in [-0.4, -0.2) is 81.5 Å². The fourth-order valence-corrected chi connectivity index (χ4v) is 7.94. The van der Waals surface area contributed by atoms with Crippen molar-refractivity contribution in [2.75, 3.05) is 37.7 Å². The van der Waals surface area contributed by atoms with Crippen molar-refractivity contribution in [3.05, 3.63) is 34.1 Å². The zero-order chi connectivity index (χ0) is 26.7. The quantitative estimate of drug-likeness (QED) is 0.504. The van der Waals surface area contributed by atoms with E-state index in [0.717, 1.165) is 50.0 Å². The number of halogens is 2. The zero-order valence-corrected chi connectivity index (χ0v) is 23.3. The largest absolute Gasteiger partial charge is 0.508 e. The molecule has 4 saturated heterocycles. The molecule has 0 radical (unpaired) electrons. The minimum Gasteiger partial charge on any atom is -0.508 e. The molecule has 0 amide bonds. The van der Waals surface area contributed by atoms with E-state index in [1.165, 1.54) is 12.8 Å². The van der Waals surface area contributed by atoms with Crippen LogP contribution in [0.3, 0.4) is 0 Å². The number of rotatable bonds is 8. The number of aromatic hydroxyl groups is 1. The topological polar surface area (TPSA) is 86.6 Å². The van der Waals surface area contributed by atoms with Crippen molar-refractivity contribution in [3.63, 3.8) is 0 Å². The number of alkyl halides is 1. The molecule has 10 heteroatoms. The van der Waals surface area contributed by atoms with Gasteiger partial charge in [-0.15, -0.1) is 0 Å². The average Bonchev–Trinajstić information content (AvgIpc) is 3.17. The summed E-state index contributed by atoms with van der Waals surface area (Å²) >= 11 is 6.59. The Labute approximate surface area is 234 Å². The van der Waals surface area contributed by atoms with Crippen LogP contribution in [0.4, 0.5) is 10.3 Å². The highest BCUT2D eigenvalue weighted by Crippen LogP contribution is 2.51. The van der Waals surface area contributed by atoms with Gasteiger partial charge in [-0.05, 0) is 80.2 Å². The smallest absolute Gasteiger partial charge is 0.321 e. The molecule has 1 aromatic heterocycles. The van der Waals surface area contributed by atoms with Crippen molar-refractivity contribution in [1.29, 1.82) is 0 Å². The number of nitrogens with one attached hydrogen (secondary N) is 1. The molecule has 4 aliphatic heterocycles. The number of ether oxygens (including phenoxy) is 1. The van der Waals surface area contributed by atoms with Gasteiger partial charge in [-0.2, -0.15) is 15.0 Å². The predicted molar refractivity (Wildman–Crippen MR) is 148 cm³/mol. The molecule has 2 aromatic rings. The number of nitrogens with zero attached hydrogens (tertiary/aromatic N) is 5. The Morgan fingerprint density at radius 2 is 1.95 bits per heavy atom. The number of aryl methyl sites for hydroxylation is 2. The van der Waals surface area contributed by atoms with Gasteiger partial charge in [-0.25, -0.2) is 4.39 Å². The molecule has 5 aliphatic rings. The number of phenols is 1. The molecule has 5 fully saturated rings. The lowest BCUT2D eigenvalue weighted by molar-refractivity contribution is 0.107. The highest BCUT2D eigenvalue weighted by molar-refractivity contribution is 6.31. The third kappa shape index (κ3) is 5.06. The fourth-order valence-electron chi connectivity index (χ4n) is 7.56. The van der Waals surface area contributed by atoms with Gasteiger partial charge in [-0.1, -0.05) is 18.5 Å². The monoisotopic (exact) mass is 556 g/mol. The van der Waals surface area contributed by atoms with E-state index < -0.39 is 6.17 Å². The van der Waals surface area contributed by atoms with Crippen molar-refractivity contribution < 1.29 is 14.2 Å². The van der Waals surface area contributed by atoms with Crippen LogP contribution < -0.4 is 15.0 Å². The van der Waals surface area contributed by atoms with E-state index in [2.05, 4.69) is 22.0 Å². The number of benzene rings is 1. The SMILES string of the molecule is C[C@@H]1C[C@H]1c1c(Cl)cc(O)cc1CCc1nc(OC[C@@]23CCCN2C[C@H](F)C3)nc(N2C[C@H]3CC[C@@H](C2)N3)n1. The summed E-state index contributed by atoms with van der Waals surface area (Å²) in [6.45, 7) is 5.79. The van der Waals surface area contributed by atoms with Crippen molar-refractivity contribution in [3.8, 4) is 11.8 Å². The number of anilines is 1. The first-order valence-electron chi connectivity index (χ1n) is 14.6. The highest BCUT2D eigenvalue weighted by atomic mass is 35.5. The molecule has 1 aromatic carbocycles. The van der Waals surface area contributed by atoms with Crippen LogP contribution in [0.1, 0.15) is 68.3 Å². The molecule has 39 heavy (non-hydrogen) atoms. The van der Waals surface area contributed by atoms with Gasteiger partial charge in [0, 0.05) is 49.6 Å². The number of aromatic nitrogens is 3. The minimum absolute atomic E-state index is 0.187. The Morgan fingerprint density at radius 1 is 1.15 bits per heavy atom. The fraction of sp³-hybridized carbons (Fsp3) is 0.690. The first-order valence-corrected chi connectivity index (χ1v) is 15.0. The summed E-state index contributed by atoms with van der Waals surface area (Å²) in [5.41, 5.74) is 1.95. The number of hydrogen-bond acceptors (Lipinski definition) is 8. The van der Waals surface area contributed by atoms with Gasteiger partial charge >= 0.3 is 6.01 Å². The Hall–Kier alpha value is -2.23. The van der Waals surface area contributed by atoms with Crippen LogP contribution in [0.25, 0.3) is 0 Å². The van der Waals surface area contributed by atoms with Gasteiger partial charge in [-0.3, -0.25) is 4.90 Å². The maximum Gasteiger partial charge on any atom is 0.321 e. The molecule has 0 spiro atoms. The third-order valence-electron chi connectivity index (χ3n) is 9.68. The van der Waals surface area contributed by atoms with E-state index in [9.17, 15) is 9.50 Å². The van der Waals surface area contributed by atoms with Gasteiger partial charge in [0.2, 0.25) is 5.95 Å². The molecule has 0 unspecified atom stereocenters. The summed E-state index contributed by atoms with van der Waals surface area (Å²) in [7, 11) is 0. The van der Waals surface area contributed by atoms with Gasteiger partial charge in [0.1, 0.15) is 24.4 Å². The molecule has 2 bridgehead atoms. The van der Waals surface area contributed by atoms with Crippen LogP contribution in [0.15, 0.2) is 12.1 Å². The first kappa shape index (κ1) is 25.7. The van der Waals surface area contributed by atoms with Crippen molar-refractivity contribution in [2.45, 2.75) is 88.0 Å². The van der Waals surface area contributed by atoms with Gasteiger partial charge in [0.05, 0.1) is 5.54 Å². The first-order chi connectivity index (χ1) is 18.8. The number of hydrogen-bond donors (Lipinski definition) is 2. The van der Waals surface area contributed by atoms with Crippen LogP contribution >= 0.6 is 11.6 Å². The van der Waals surface area contributed by atoms with E-state index in [0.29, 0.717) is 79.1 Å². The Balaban J connectivity index is 1.15. The van der Waals surface area contributed by atoms with Crippen LogP contribution in [0.2, 0.25) is 5.02 Å². The number of fused-ring (bicyclic) bond motifs is 3. The summed E-state index contributed by atoms with van der Waals surface area (Å²) in [6.07, 6.45) is 6.45. The summed E-state index contributed by atoms with van der Waals surface area (Å²) in [4.78, 5) is 18.9. The lowest BCUT2D eigenvalue weighted by Crippen LogP contribution is -2.51. The molecule has 7 rings (SSSR count). The maximum atomic E-state index is 14.3. The van der Waals surface area contributed by atoms with Gasteiger partial charge < -0.3 is 20.1 Å². The normalized spacial score (nSPS) is 33.5. The Morgan fingerprint density at radius 3 is 2.72 bits per heavy atom. The van der Waals surface area contributed by atoms with E-state index in [4.69, 9.17) is 31.3 Å². The van der Waals surface area contributed by atoms with E-state index in [1.54, 1.807) is 6.07 Å². The molecule has 8 nitrogen and oxygen atoms in total. The van der Waals surface area contributed by atoms with Gasteiger partial charge in [0.25, 0.3) is 0 Å². The lowest BCUT2D eigenvalue weighted by atomic mass is 9.95. The average molecular weight is 557 g/mol. The standard InChI is InChI=1S/C29H38ClFN6O2/c1-17-9-23(17)26-18(10-22(38)11-24(26)30)3-6-25-33-27(36-14-20-4-5-21(15-36)32-20)35-28(34-25)39-16-29-7-2-8-37(29)13-19(31)12-29/h10-11,17,19-21,23,32,38H,2-9,12-16H2,1H3/t17-,19-,20-,21+,23-,29+/m1/s1. The Kier molecular flexibility index (Phi) is 6.59. The third-order valence-corrected chi connectivity index (χ3v) is 9.99. The van der Waals surface area contributed by atoms with Crippen LogP contribution in [0, 0.1) is 5.92 Å². The van der Waals surface area contributed by atoms with Crippen LogP contribution in [0.5, 0.6) is 11.8 Å². The molecule has 1 aliphatic carbocycles. The molecular formula is C29H38ClFN6O2. The number of piperazine rings is 1. The summed E-state index contributed by atoms with van der Waals surface area (Å²) < 4.78 is 20.6. The maximum absolute atomic E-state index is 14.3. The van der Waals surface area contributed by atoms with E-state index >= 15 is 0 Å². The lowest BCUT2D eigenvalue weighted by Gasteiger charge is -2.33. The van der Waals surface area contributed by atoms with Gasteiger partial charge in [0.15, 0.2) is 0 Å². The summed E-state index contributed by atoms with van der Waals surface area (Å²) in [5.74, 6) is 2.56. The second kappa shape index (κ2) is 10.00. The molecule has 5 heterocycles. The number of phenolic OH excluding ortho intramolecular Hbond substituents is 1. The summed E-state index contributed by atoms with van der Waals surface area (Å²) in [6, 6.07) is 4.72. The second-order valence-electron chi connectivity index (χ2n) is 12.6. The van der Waals surface area contributed by atoms with Crippen molar-refractivity contribution >= 4 is 17.5 Å². The molecular weight excluding hydrogens is 519 g/mol. The molecule has 1 saturated carbocycles. The minimum atomic E-state index is -0.799. The second-order valence-corrected chi connectivity index (χ2v) is 13.0. The van der Waals surface area contributed by atoms with E-state index in [-0.39, 0.29) is 11.3 Å². The van der Waals surface area contributed by atoms with E-state index in [1.807, 2.05) is 6.07 Å². The highest BCUT2D eigenvalue weighted by Gasteiger charge is 2.49. The Bertz CT molecular complexity index is 1240. The molecule has 6 atom stereocenters. The molecule has 210 valence electrons. The van der Waals surface area contributed by atoms with Crippen molar-refractivity contribution in [1.82, 2.24) is 25.2 Å². The summed E-state index contributed by atoms with van der Waals surface area (Å²) in [5, 5.41) is 14.6. The zero-order valence-electron chi connectivity index (χ0n) is 22.6. The predicted octanol–water partition coefficient (Wildman–Crippen LogP) is 4.04. The molecule has 2 N–H and O–H groups in total. The van der Waals surface area contributed by atoms with Crippen molar-refractivity contribution in [2.24, 2.45) is 5.92 Å². The van der Waals surface area contributed by atoms with Crippen LogP contribution in [-0.2, 0) is 12.8 Å².